The number of aromatic nitrogens is 1. The molecule has 6 heteroatoms. The Labute approximate surface area is 92.4 Å². The summed E-state index contributed by atoms with van der Waals surface area (Å²) >= 11 is 0. The Morgan fingerprint density at radius 3 is 2.69 bits per heavy atom. The lowest BCUT2D eigenvalue weighted by molar-refractivity contribution is 0.398. The highest BCUT2D eigenvalue weighted by atomic mass is 32.2. The van der Waals surface area contributed by atoms with E-state index in [4.69, 9.17) is 0 Å². The smallest absolute Gasteiger partial charge is 0.288 e. The van der Waals surface area contributed by atoms with E-state index in [1.54, 1.807) is 18.2 Å². The molecule has 0 amide bonds. The minimum absolute atomic E-state index is 0.00963. The first kappa shape index (κ1) is 10.8. The quantitative estimate of drug-likeness (QED) is 0.592. The molecule has 0 radical (unpaired) electrons. The topological polar surface area (TPSA) is 65.4 Å². The van der Waals surface area contributed by atoms with Crippen LogP contribution in [0.3, 0.4) is 0 Å². The molecule has 0 aliphatic carbocycles. The van der Waals surface area contributed by atoms with Crippen LogP contribution >= 0.6 is 0 Å². The second-order valence-electron chi connectivity index (χ2n) is 3.14. The van der Waals surface area contributed by atoms with E-state index in [1.807, 2.05) is 0 Å². The van der Waals surface area contributed by atoms with Gasteiger partial charge in [0.25, 0.3) is 10.1 Å². The minimum atomic E-state index is -3.81. The average molecular weight is 239 g/mol. The molecule has 0 atom stereocenters. The molecule has 1 aromatic carbocycles. The summed E-state index contributed by atoms with van der Waals surface area (Å²) in [6.45, 7) is 0. The van der Waals surface area contributed by atoms with Crippen molar-refractivity contribution in [3.8, 4) is 0 Å². The molecule has 0 fully saturated rings. The van der Waals surface area contributed by atoms with Crippen LogP contribution in [0.15, 0.2) is 35.4 Å². The van der Waals surface area contributed by atoms with E-state index in [2.05, 4.69) is 4.18 Å². The summed E-state index contributed by atoms with van der Waals surface area (Å²) in [6.07, 6.45) is 2.06. The number of carbonyl (C=O) groups is 1. The summed E-state index contributed by atoms with van der Waals surface area (Å²) in [6, 6.07) is 6.40. The van der Waals surface area contributed by atoms with Crippen molar-refractivity contribution < 1.29 is 17.4 Å². The maximum Gasteiger partial charge on any atom is 0.298 e. The zero-order valence-electron chi connectivity index (χ0n) is 8.45. The molecular weight excluding hydrogens is 230 g/mol. The summed E-state index contributed by atoms with van der Waals surface area (Å²) in [7, 11) is -2.72. The third kappa shape index (κ3) is 1.52. The summed E-state index contributed by atoms with van der Waals surface area (Å²) in [5, 5.41) is 0.672. The van der Waals surface area contributed by atoms with Gasteiger partial charge in [-0.2, -0.15) is 8.42 Å². The van der Waals surface area contributed by atoms with Crippen molar-refractivity contribution in [1.82, 2.24) is 4.57 Å². The Bertz CT molecular complexity index is 642. The van der Waals surface area contributed by atoms with Gasteiger partial charge < -0.3 is 0 Å². The van der Waals surface area contributed by atoms with E-state index in [0.29, 0.717) is 17.3 Å². The molecule has 2 aromatic rings. The van der Waals surface area contributed by atoms with Gasteiger partial charge >= 0.3 is 0 Å². The van der Waals surface area contributed by atoms with Crippen LogP contribution in [-0.4, -0.2) is 26.5 Å². The van der Waals surface area contributed by atoms with E-state index in [9.17, 15) is 13.2 Å². The number of hydrogen-bond acceptors (Lipinski definition) is 4. The van der Waals surface area contributed by atoms with Gasteiger partial charge in [0, 0.05) is 11.6 Å². The largest absolute Gasteiger partial charge is 0.298 e. The zero-order valence-corrected chi connectivity index (χ0v) is 9.27. The fourth-order valence-electron chi connectivity index (χ4n) is 1.56. The Morgan fingerprint density at radius 1 is 1.31 bits per heavy atom. The SMILES string of the molecule is COS(=O)(=O)c1cccc2ccn(C=O)c12. The van der Waals surface area contributed by atoms with Crippen LogP contribution in [0, 0.1) is 0 Å². The fourth-order valence-corrected chi connectivity index (χ4v) is 2.45. The van der Waals surface area contributed by atoms with Gasteiger partial charge in [0.1, 0.15) is 4.90 Å². The zero-order chi connectivity index (χ0) is 11.8. The molecule has 0 saturated carbocycles. The highest BCUT2D eigenvalue weighted by Gasteiger charge is 2.18. The van der Waals surface area contributed by atoms with Crippen LogP contribution < -0.4 is 0 Å². The molecule has 0 spiro atoms. The van der Waals surface area contributed by atoms with Crippen LogP contribution in [0.4, 0.5) is 0 Å². The average Bonchev–Trinajstić information content (AvgIpc) is 2.71. The third-order valence-electron chi connectivity index (χ3n) is 2.31. The van der Waals surface area contributed by atoms with E-state index >= 15 is 0 Å². The normalized spacial score (nSPS) is 11.8. The predicted octanol–water partition coefficient (Wildman–Crippen LogP) is 1.01. The molecule has 1 aromatic heterocycles. The van der Waals surface area contributed by atoms with Gasteiger partial charge in [-0.15, -0.1) is 0 Å². The molecule has 16 heavy (non-hydrogen) atoms. The maximum absolute atomic E-state index is 11.6. The van der Waals surface area contributed by atoms with Gasteiger partial charge in [-0.3, -0.25) is 13.5 Å². The van der Waals surface area contributed by atoms with Crippen molar-refractivity contribution in [1.29, 1.82) is 0 Å². The predicted molar refractivity (Wildman–Crippen MR) is 58.3 cm³/mol. The van der Waals surface area contributed by atoms with Gasteiger partial charge in [-0.1, -0.05) is 12.1 Å². The summed E-state index contributed by atoms with van der Waals surface area (Å²) in [5.74, 6) is 0. The van der Waals surface area contributed by atoms with Crippen LogP contribution in [0.1, 0.15) is 0 Å². The summed E-state index contributed by atoms with van der Waals surface area (Å²) in [4.78, 5) is 10.8. The molecular formula is C10H9NO4S. The highest BCUT2D eigenvalue weighted by Crippen LogP contribution is 2.24. The van der Waals surface area contributed by atoms with E-state index in [0.717, 1.165) is 7.11 Å². The van der Waals surface area contributed by atoms with Crippen molar-refractivity contribution in [3.05, 3.63) is 30.5 Å². The van der Waals surface area contributed by atoms with Crippen molar-refractivity contribution in [2.24, 2.45) is 0 Å². The number of benzene rings is 1. The number of para-hydroxylation sites is 1. The Balaban J connectivity index is 2.89. The molecule has 0 aliphatic rings. The summed E-state index contributed by atoms with van der Waals surface area (Å²) in [5.41, 5.74) is 0.333. The van der Waals surface area contributed by atoms with E-state index < -0.39 is 10.1 Å². The van der Waals surface area contributed by atoms with Gasteiger partial charge in [-0.05, 0) is 12.1 Å². The number of carbonyl (C=O) groups excluding carboxylic acids is 1. The first-order valence-corrected chi connectivity index (χ1v) is 5.86. The molecule has 2 rings (SSSR count). The van der Waals surface area contributed by atoms with Crippen LogP contribution in [0.5, 0.6) is 0 Å². The highest BCUT2D eigenvalue weighted by molar-refractivity contribution is 7.87. The Hall–Kier alpha value is -1.66. The molecule has 1 heterocycles. The lowest BCUT2D eigenvalue weighted by atomic mass is 10.2. The lowest BCUT2D eigenvalue weighted by Gasteiger charge is -2.04. The van der Waals surface area contributed by atoms with Crippen LogP contribution in [0.25, 0.3) is 10.9 Å². The second-order valence-corrected chi connectivity index (χ2v) is 4.82. The third-order valence-corrected chi connectivity index (χ3v) is 3.61. The standard InChI is InChI=1S/C10H9NO4S/c1-15-16(13,14)9-4-2-3-8-5-6-11(7-12)10(8)9/h2-7H,1H3. The number of fused-ring (bicyclic) bond motifs is 1. The molecule has 0 unspecified atom stereocenters. The van der Waals surface area contributed by atoms with Crippen molar-refractivity contribution in [3.63, 3.8) is 0 Å². The van der Waals surface area contributed by atoms with Crippen molar-refractivity contribution >= 4 is 27.4 Å². The lowest BCUT2D eigenvalue weighted by Crippen LogP contribution is -2.06. The molecule has 0 bridgehead atoms. The van der Waals surface area contributed by atoms with E-state index in [1.165, 1.54) is 16.8 Å². The number of hydrogen-bond donors (Lipinski definition) is 0. The number of nitrogens with zero attached hydrogens (tertiary/aromatic N) is 1. The molecule has 0 aliphatic heterocycles. The summed E-state index contributed by atoms with van der Waals surface area (Å²) < 4.78 is 28.9. The van der Waals surface area contributed by atoms with Crippen molar-refractivity contribution in [2.75, 3.05) is 7.11 Å². The molecule has 0 saturated heterocycles. The monoisotopic (exact) mass is 239 g/mol. The van der Waals surface area contributed by atoms with Gasteiger partial charge in [0.15, 0.2) is 0 Å². The van der Waals surface area contributed by atoms with Gasteiger partial charge in [-0.25, -0.2) is 0 Å². The van der Waals surface area contributed by atoms with Crippen LogP contribution in [0.2, 0.25) is 0 Å². The van der Waals surface area contributed by atoms with Crippen molar-refractivity contribution in [2.45, 2.75) is 4.90 Å². The fraction of sp³-hybridized carbons (Fsp3) is 0.100. The molecule has 5 nitrogen and oxygen atoms in total. The maximum atomic E-state index is 11.6. The Kier molecular flexibility index (Phi) is 2.53. The van der Waals surface area contributed by atoms with Gasteiger partial charge in [0.2, 0.25) is 6.41 Å². The molecule has 0 N–H and O–H groups in total. The van der Waals surface area contributed by atoms with E-state index in [-0.39, 0.29) is 4.90 Å². The first-order valence-electron chi connectivity index (χ1n) is 4.45. The molecule has 84 valence electrons. The Morgan fingerprint density at radius 2 is 2.06 bits per heavy atom. The van der Waals surface area contributed by atoms with Crippen LogP contribution in [-0.2, 0) is 19.1 Å². The first-order chi connectivity index (χ1) is 7.60. The van der Waals surface area contributed by atoms with Gasteiger partial charge in [0.05, 0.1) is 12.6 Å². The minimum Gasteiger partial charge on any atom is -0.288 e. The second kappa shape index (κ2) is 3.73. The number of rotatable bonds is 3.